The van der Waals surface area contributed by atoms with Gasteiger partial charge in [-0.25, -0.2) is 0 Å². The minimum absolute atomic E-state index is 0.236. The number of likely N-dealkylation sites (N-methyl/N-ethyl adjacent to an activating group) is 1. The van der Waals surface area contributed by atoms with E-state index in [1.54, 1.807) is 0 Å². The first-order chi connectivity index (χ1) is 9.16. The van der Waals surface area contributed by atoms with Crippen LogP contribution in [0.3, 0.4) is 0 Å². The molecular formula is C15H28N2O2. The third-order valence-corrected chi connectivity index (χ3v) is 4.36. The first kappa shape index (κ1) is 14.8. The number of hydrogen-bond acceptors (Lipinski definition) is 3. The Kier molecular flexibility index (Phi) is 5.64. The second kappa shape index (κ2) is 7.25. The lowest BCUT2D eigenvalue weighted by atomic mass is 10.0. The largest absolute Gasteiger partial charge is 0.377 e. The zero-order chi connectivity index (χ0) is 13.7. The highest BCUT2D eigenvalue weighted by Crippen LogP contribution is 2.28. The summed E-state index contributed by atoms with van der Waals surface area (Å²) < 4.78 is 5.52. The monoisotopic (exact) mass is 268 g/mol. The molecule has 0 bridgehead atoms. The SMILES string of the molecule is CN(C)CC1COCCN1C(=O)CCC1CCCC1. The van der Waals surface area contributed by atoms with Crippen LogP contribution in [0.2, 0.25) is 0 Å². The van der Waals surface area contributed by atoms with Gasteiger partial charge >= 0.3 is 0 Å². The Morgan fingerprint density at radius 2 is 2.05 bits per heavy atom. The number of rotatable bonds is 5. The zero-order valence-electron chi connectivity index (χ0n) is 12.4. The second-order valence-electron chi connectivity index (χ2n) is 6.27. The van der Waals surface area contributed by atoms with Crippen molar-refractivity contribution < 1.29 is 9.53 Å². The van der Waals surface area contributed by atoms with Crippen molar-refractivity contribution in [2.75, 3.05) is 40.4 Å². The van der Waals surface area contributed by atoms with Crippen LogP contribution in [0.5, 0.6) is 0 Å². The van der Waals surface area contributed by atoms with Crippen LogP contribution in [0.4, 0.5) is 0 Å². The van der Waals surface area contributed by atoms with Crippen molar-refractivity contribution in [1.29, 1.82) is 0 Å². The third-order valence-electron chi connectivity index (χ3n) is 4.36. The lowest BCUT2D eigenvalue weighted by molar-refractivity contribution is -0.140. The highest BCUT2D eigenvalue weighted by molar-refractivity contribution is 5.76. The normalized spacial score (nSPS) is 25.2. The Balaban J connectivity index is 1.80. The molecule has 0 N–H and O–H groups in total. The van der Waals surface area contributed by atoms with Crippen molar-refractivity contribution in [3.05, 3.63) is 0 Å². The van der Waals surface area contributed by atoms with E-state index in [0.29, 0.717) is 19.1 Å². The molecule has 0 aromatic carbocycles. The Morgan fingerprint density at radius 1 is 1.32 bits per heavy atom. The standard InChI is InChI=1S/C15H28N2O2/c1-16(2)11-14-12-19-10-9-17(14)15(18)8-7-13-5-3-4-6-13/h13-14H,3-12H2,1-2H3. The summed E-state index contributed by atoms with van der Waals surface area (Å²) in [4.78, 5) is 16.6. The maximum absolute atomic E-state index is 12.4. The molecule has 1 saturated heterocycles. The predicted octanol–water partition coefficient (Wildman–Crippen LogP) is 1.75. The van der Waals surface area contributed by atoms with Gasteiger partial charge in [0.15, 0.2) is 0 Å². The summed E-state index contributed by atoms with van der Waals surface area (Å²) in [6.45, 7) is 3.05. The number of carbonyl (C=O) groups is 1. The molecule has 1 aliphatic carbocycles. The molecule has 0 aromatic rings. The summed E-state index contributed by atoms with van der Waals surface area (Å²) in [5.41, 5.74) is 0. The quantitative estimate of drug-likeness (QED) is 0.761. The molecule has 1 atom stereocenters. The van der Waals surface area contributed by atoms with Gasteiger partial charge in [0.25, 0.3) is 0 Å². The zero-order valence-corrected chi connectivity index (χ0v) is 12.4. The number of amides is 1. The van der Waals surface area contributed by atoms with Gasteiger partial charge in [0, 0.05) is 19.5 Å². The fraction of sp³-hybridized carbons (Fsp3) is 0.933. The summed E-state index contributed by atoms with van der Waals surface area (Å²) in [7, 11) is 4.10. The van der Waals surface area contributed by atoms with Crippen LogP contribution in [0.1, 0.15) is 38.5 Å². The summed E-state index contributed by atoms with van der Waals surface area (Å²) in [6, 6.07) is 0.236. The van der Waals surface area contributed by atoms with Gasteiger partial charge in [-0.2, -0.15) is 0 Å². The molecule has 2 aliphatic rings. The van der Waals surface area contributed by atoms with E-state index in [4.69, 9.17) is 4.74 Å². The average molecular weight is 268 g/mol. The van der Waals surface area contributed by atoms with Crippen molar-refractivity contribution in [3.8, 4) is 0 Å². The van der Waals surface area contributed by atoms with Gasteiger partial charge in [-0.1, -0.05) is 25.7 Å². The van der Waals surface area contributed by atoms with E-state index in [-0.39, 0.29) is 6.04 Å². The molecule has 19 heavy (non-hydrogen) atoms. The molecule has 0 spiro atoms. The maximum atomic E-state index is 12.4. The van der Waals surface area contributed by atoms with E-state index in [9.17, 15) is 4.79 Å². The minimum atomic E-state index is 0.236. The van der Waals surface area contributed by atoms with Crippen LogP contribution >= 0.6 is 0 Å². The molecule has 2 fully saturated rings. The molecule has 1 aliphatic heterocycles. The van der Waals surface area contributed by atoms with Crippen LogP contribution in [0.15, 0.2) is 0 Å². The Labute approximate surface area is 117 Å². The lowest BCUT2D eigenvalue weighted by Crippen LogP contribution is -2.52. The fourth-order valence-electron chi connectivity index (χ4n) is 3.33. The summed E-state index contributed by atoms with van der Waals surface area (Å²) in [5, 5.41) is 0. The van der Waals surface area contributed by atoms with Gasteiger partial charge in [-0.15, -0.1) is 0 Å². The molecule has 2 rings (SSSR count). The second-order valence-corrected chi connectivity index (χ2v) is 6.27. The number of morpholine rings is 1. The number of carbonyl (C=O) groups excluding carboxylic acids is 1. The Morgan fingerprint density at radius 3 is 2.74 bits per heavy atom. The Bertz CT molecular complexity index is 288. The van der Waals surface area contributed by atoms with E-state index in [0.717, 1.165) is 31.8 Å². The molecule has 1 saturated carbocycles. The van der Waals surface area contributed by atoms with E-state index in [1.807, 2.05) is 0 Å². The third kappa shape index (κ3) is 4.46. The molecule has 4 heteroatoms. The van der Waals surface area contributed by atoms with Crippen LogP contribution in [0.25, 0.3) is 0 Å². The predicted molar refractivity (Wildman–Crippen MR) is 76.1 cm³/mol. The van der Waals surface area contributed by atoms with Gasteiger partial charge in [-0.05, 0) is 26.4 Å². The molecule has 1 heterocycles. The topological polar surface area (TPSA) is 32.8 Å². The molecule has 0 radical (unpaired) electrons. The van der Waals surface area contributed by atoms with Crippen molar-refractivity contribution in [2.24, 2.45) is 5.92 Å². The number of hydrogen-bond donors (Lipinski definition) is 0. The fourth-order valence-corrected chi connectivity index (χ4v) is 3.33. The van der Waals surface area contributed by atoms with Gasteiger partial charge in [0.1, 0.15) is 0 Å². The van der Waals surface area contributed by atoms with Gasteiger partial charge < -0.3 is 14.5 Å². The number of nitrogens with zero attached hydrogens (tertiary/aromatic N) is 2. The van der Waals surface area contributed by atoms with Crippen molar-refractivity contribution in [1.82, 2.24) is 9.80 Å². The van der Waals surface area contributed by atoms with E-state index in [2.05, 4.69) is 23.9 Å². The molecule has 1 unspecified atom stereocenters. The molecule has 110 valence electrons. The first-order valence-electron chi connectivity index (χ1n) is 7.68. The van der Waals surface area contributed by atoms with Gasteiger partial charge in [0.05, 0.1) is 19.3 Å². The smallest absolute Gasteiger partial charge is 0.223 e. The van der Waals surface area contributed by atoms with Crippen LogP contribution in [-0.2, 0) is 9.53 Å². The minimum Gasteiger partial charge on any atom is -0.377 e. The molecule has 4 nitrogen and oxygen atoms in total. The van der Waals surface area contributed by atoms with Crippen molar-refractivity contribution >= 4 is 5.91 Å². The summed E-state index contributed by atoms with van der Waals surface area (Å²) in [6.07, 6.45) is 7.20. The van der Waals surface area contributed by atoms with Crippen LogP contribution in [-0.4, -0.2) is 62.1 Å². The molecular weight excluding hydrogens is 240 g/mol. The van der Waals surface area contributed by atoms with Gasteiger partial charge in [0.2, 0.25) is 5.91 Å². The summed E-state index contributed by atoms with van der Waals surface area (Å²) >= 11 is 0. The number of ether oxygens (including phenoxy) is 1. The van der Waals surface area contributed by atoms with E-state index >= 15 is 0 Å². The molecule has 1 amide bonds. The highest BCUT2D eigenvalue weighted by atomic mass is 16.5. The van der Waals surface area contributed by atoms with E-state index in [1.165, 1.54) is 25.7 Å². The highest BCUT2D eigenvalue weighted by Gasteiger charge is 2.28. The van der Waals surface area contributed by atoms with Crippen LogP contribution < -0.4 is 0 Å². The lowest BCUT2D eigenvalue weighted by Gasteiger charge is -2.37. The van der Waals surface area contributed by atoms with Gasteiger partial charge in [-0.3, -0.25) is 4.79 Å². The van der Waals surface area contributed by atoms with Crippen LogP contribution in [0, 0.1) is 5.92 Å². The van der Waals surface area contributed by atoms with Crippen molar-refractivity contribution in [3.63, 3.8) is 0 Å². The van der Waals surface area contributed by atoms with E-state index < -0.39 is 0 Å². The maximum Gasteiger partial charge on any atom is 0.223 e. The molecule has 0 aromatic heterocycles. The average Bonchev–Trinajstić information content (AvgIpc) is 2.89. The Hall–Kier alpha value is -0.610. The summed E-state index contributed by atoms with van der Waals surface area (Å²) in [5.74, 6) is 1.14. The van der Waals surface area contributed by atoms with Crippen molar-refractivity contribution in [2.45, 2.75) is 44.6 Å². The first-order valence-corrected chi connectivity index (χ1v) is 7.68.